The van der Waals surface area contributed by atoms with Gasteiger partial charge in [0.05, 0.1) is 12.5 Å². The summed E-state index contributed by atoms with van der Waals surface area (Å²) < 4.78 is 4.40. The summed E-state index contributed by atoms with van der Waals surface area (Å²) in [5.41, 5.74) is 0.729. The standard InChI is InChI=1S/C7H6O.C5H10O2.C4H8O2/c8-6-7-4-2-1-3-5-7;1-3-4(2)5(6)7;1-3-6-4(2)5/h1-6H;4H,3H2,1-2H3,(H,6,7);3H2,1-2H3. The maximum absolute atomic E-state index is 10.0. The molecule has 21 heavy (non-hydrogen) atoms. The van der Waals surface area contributed by atoms with Crippen LogP contribution in [0.1, 0.15) is 44.5 Å². The molecule has 0 bridgehead atoms. The predicted octanol–water partition coefficient (Wildman–Crippen LogP) is 3.19. The van der Waals surface area contributed by atoms with Crippen molar-refractivity contribution < 1.29 is 24.2 Å². The lowest BCUT2D eigenvalue weighted by Gasteiger charge is -1.96. The van der Waals surface area contributed by atoms with E-state index in [0.717, 1.165) is 18.3 Å². The van der Waals surface area contributed by atoms with Crippen molar-refractivity contribution in [1.29, 1.82) is 0 Å². The molecule has 0 aliphatic heterocycles. The van der Waals surface area contributed by atoms with Crippen LogP contribution in [0.5, 0.6) is 0 Å². The molecule has 1 N–H and O–H groups in total. The van der Waals surface area contributed by atoms with Gasteiger partial charge in [0.2, 0.25) is 0 Å². The molecule has 1 aromatic carbocycles. The Morgan fingerprint density at radius 1 is 1.24 bits per heavy atom. The predicted molar refractivity (Wildman–Crippen MR) is 81.2 cm³/mol. The van der Waals surface area contributed by atoms with E-state index in [1.54, 1.807) is 26.0 Å². The molecule has 1 atom stereocenters. The van der Waals surface area contributed by atoms with Crippen molar-refractivity contribution in [2.24, 2.45) is 5.92 Å². The number of carbonyl (C=O) groups is 3. The van der Waals surface area contributed by atoms with E-state index >= 15 is 0 Å². The maximum atomic E-state index is 10.0. The second kappa shape index (κ2) is 14.2. The molecule has 0 aliphatic rings. The second-order valence-corrected chi connectivity index (χ2v) is 4.10. The van der Waals surface area contributed by atoms with Crippen molar-refractivity contribution in [2.45, 2.75) is 34.1 Å². The Balaban J connectivity index is 0. The lowest BCUT2D eigenvalue weighted by Crippen LogP contribution is -2.06. The minimum Gasteiger partial charge on any atom is -0.481 e. The van der Waals surface area contributed by atoms with Gasteiger partial charge in [-0.2, -0.15) is 0 Å². The summed E-state index contributed by atoms with van der Waals surface area (Å²) in [6.07, 6.45) is 1.55. The molecule has 0 aromatic heterocycles. The molecule has 1 aromatic rings. The molecule has 1 rings (SSSR count). The van der Waals surface area contributed by atoms with E-state index in [1.165, 1.54) is 6.92 Å². The van der Waals surface area contributed by atoms with Crippen molar-refractivity contribution in [3.8, 4) is 0 Å². The van der Waals surface area contributed by atoms with Crippen LogP contribution >= 0.6 is 0 Å². The molecule has 0 amide bonds. The first-order valence-electron chi connectivity index (χ1n) is 6.75. The fourth-order valence-electron chi connectivity index (χ4n) is 0.909. The van der Waals surface area contributed by atoms with Gasteiger partial charge < -0.3 is 9.84 Å². The molecule has 0 fully saturated rings. The summed E-state index contributed by atoms with van der Waals surface area (Å²) in [7, 11) is 0. The van der Waals surface area contributed by atoms with Crippen molar-refractivity contribution in [3.05, 3.63) is 35.9 Å². The fraction of sp³-hybridized carbons (Fsp3) is 0.438. The van der Waals surface area contributed by atoms with Gasteiger partial charge in [-0.3, -0.25) is 14.4 Å². The SMILES string of the molecule is CCC(C)C(=O)O.CCOC(C)=O.O=Cc1ccccc1. The summed E-state index contributed by atoms with van der Waals surface area (Å²) in [5, 5.41) is 8.18. The molecule has 0 spiro atoms. The Bertz CT molecular complexity index is 400. The average Bonchev–Trinajstić information content (AvgIpc) is 2.48. The molecular formula is C16H24O5. The van der Waals surface area contributed by atoms with E-state index in [0.29, 0.717) is 6.61 Å². The Labute approximate surface area is 125 Å². The van der Waals surface area contributed by atoms with Gasteiger partial charge in [0.15, 0.2) is 0 Å². The number of hydrogen-bond donors (Lipinski definition) is 1. The number of esters is 1. The van der Waals surface area contributed by atoms with Crippen LogP contribution in [0.25, 0.3) is 0 Å². The summed E-state index contributed by atoms with van der Waals surface area (Å²) >= 11 is 0. The maximum Gasteiger partial charge on any atom is 0.306 e. The van der Waals surface area contributed by atoms with Crippen LogP contribution in [0.15, 0.2) is 30.3 Å². The van der Waals surface area contributed by atoms with Crippen LogP contribution in [0.3, 0.4) is 0 Å². The Morgan fingerprint density at radius 3 is 1.90 bits per heavy atom. The second-order valence-electron chi connectivity index (χ2n) is 4.10. The average molecular weight is 296 g/mol. The van der Waals surface area contributed by atoms with Crippen LogP contribution in [-0.4, -0.2) is 29.9 Å². The zero-order valence-electron chi connectivity index (χ0n) is 13.0. The largest absolute Gasteiger partial charge is 0.481 e. The number of hydrogen-bond acceptors (Lipinski definition) is 4. The summed E-state index contributed by atoms with van der Waals surface area (Å²) in [6.45, 7) is 7.21. The van der Waals surface area contributed by atoms with Gasteiger partial charge in [0.25, 0.3) is 0 Å². The van der Waals surface area contributed by atoms with Crippen molar-refractivity contribution in [3.63, 3.8) is 0 Å². The third kappa shape index (κ3) is 15.8. The quantitative estimate of drug-likeness (QED) is 0.681. The van der Waals surface area contributed by atoms with Gasteiger partial charge in [-0.1, -0.05) is 44.2 Å². The molecule has 0 heterocycles. The number of benzene rings is 1. The van der Waals surface area contributed by atoms with Crippen LogP contribution < -0.4 is 0 Å². The molecule has 0 saturated heterocycles. The molecule has 0 aliphatic carbocycles. The van der Waals surface area contributed by atoms with E-state index in [9.17, 15) is 14.4 Å². The highest BCUT2D eigenvalue weighted by Gasteiger charge is 2.05. The minimum atomic E-state index is -0.706. The van der Waals surface area contributed by atoms with E-state index in [-0.39, 0.29) is 11.9 Å². The highest BCUT2D eigenvalue weighted by Crippen LogP contribution is 1.97. The third-order valence-corrected chi connectivity index (χ3v) is 2.32. The summed E-state index contributed by atoms with van der Waals surface area (Å²) in [6, 6.07) is 9.10. The third-order valence-electron chi connectivity index (χ3n) is 2.32. The van der Waals surface area contributed by atoms with Crippen molar-refractivity contribution >= 4 is 18.2 Å². The number of carboxylic acid groups (broad SMARTS) is 1. The molecule has 0 radical (unpaired) electrons. The fourth-order valence-corrected chi connectivity index (χ4v) is 0.909. The smallest absolute Gasteiger partial charge is 0.306 e. The zero-order chi connectivity index (χ0) is 16.7. The highest BCUT2D eigenvalue weighted by atomic mass is 16.5. The van der Waals surface area contributed by atoms with Gasteiger partial charge in [-0.15, -0.1) is 0 Å². The lowest BCUT2D eigenvalue weighted by molar-refractivity contribution is -0.141. The Kier molecular flexibility index (Phi) is 14.3. The van der Waals surface area contributed by atoms with Crippen molar-refractivity contribution in [1.82, 2.24) is 0 Å². The number of carboxylic acids is 1. The molecule has 118 valence electrons. The van der Waals surface area contributed by atoms with Crippen LogP contribution in [0.2, 0.25) is 0 Å². The summed E-state index contributed by atoms with van der Waals surface area (Å²) in [5.74, 6) is -1.10. The van der Waals surface area contributed by atoms with Gasteiger partial charge in [-0.05, 0) is 13.3 Å². The number of aliphatic carboxylic acids is 1. The monoisotopic (exact) mass is 296 g/mol. The first-order valence-corrected chi connectivity index (χ1v) is 6.75. The van der Waals surface area contributed by atoms with Gasteiger partial charge in [-0.25, -0.2) is 0 Å². The lowest BCUT2D eigenvalue weighted by atomic mass is 10.1. The number of ether oxygens (including phenoxy) is 1. The Hall–Kier alpha value is -2.17. The van der Waals surface area contributed by atoms with Crippen molar-refractivity contribution in [2.75, 3.05) is 6.61 Å². The number of carbonyl (C=O) groups excluding carboxylic acids is 2. The van der Waals surface area contributed by atoms with E-state index < -0.39 is 5.97 Å². The van der Waals surface area contributed by atoms with Gasteiger partial charge in [0.1, 0.15) is 6.29 Å². The molecule has 0 saturated carbocycles. The van der Waals surface area contributed by atoms with Gasteiger partial charge >= 0.3 is 11.9 Å². The molecular weight excluding hydrogens is 272 g/mol. The van der Waals surface area contributed by atoms with E-state index in [1.807, 2.05) is 25.1 Å². The van der Waals surface area contributed by atoms with Crippen LogP contribution in [-0.2, 0) is 14.3 Å². The van der Waals surface area contributed by atoms with E-state index in [4.69, 9.17) is 5.11 Å². The van der Waals surface area contributed by atoms with Crippen LogP contribution in [0.4, 0.5) is 0 Å². The van der Waals surface area contributed by atoms with E-state index in [2.05, 4.69) is 4.74 Å². The zero-order valence-corrected chi connectivity index (χ0v) is 13.0. The summed E-state index contributed by atoms with van der Waals surface area (Å²) in [4.78, 5) is 29.8. The molecule has 1 unspecified atom stereocenters. The number of aldehydes is 1. The first kappa shape index (κ1) is 21.1. The number of rotatable bonds is 4. The topological polar surface area (TPSA) is 80.7 Å². The normalized spacial score (nSPS) is 9.90. The minimum absolute atomic E-state index is 0.181. The Morgan fingerprint density at radius 2 is 1.76 bits per heavy atom. The molecule has 5 nitrogen and oxygen atoms in total. The molecule has 5 heteroatoms. The van der Waals surface area contributed by atoms with Gasteiger partial charge in [0, 0.05) is 12.5 Å². The first-order chi connectivity index (χ1) is 9.88. The highest BCUT2D eigenvalue weighted by molar-refractivity contribution is 5.74. The van der Waals surface area contributed by atoms with Crippen LogP contribution in [0, 0.1) is 5.92 Å².